The third kappa shape index (κ3) is 2.33. The summed E-state index contributed by atoms with van der Waals surface area (Å²) in [5.41, 5.74) is 2.90. The molecule has 1 aromatic carbocycles. The van der Waals surface area contributed by atoms with E-state index in [4.69, 9.17) is 0 Å². The highest BCUT2D eigenvalue weighted by Crippen LogP contribution is 2.37. The van der Waals surface area contributed by atoms with Gasteiger partial charge in [0.15, 0.2) is 0 Å². The highest BCUT2D eigenvalue weighted by atomic mass is 32.2. The molecule has 0 bridgehead atoms. The van der Waals surface area contributed by atoms with Crippen LogP contribution in [0.4, 0.5) is 0 Å². The van der Waals surface area contributed by atoms with Gasteiger partial charge in [-0.05, 0) is 24.0 Å². The minimum Gasteiger partial charge on any atom is -0.274 e. The Labute approximate surface area is 107 Å². The van der Waals surface area contributed by atoms with Crippen molar-refractivity contribution in [1.82, 2.24) is 4.90 Å². The first-order chi connectivity index (χ1) is 8.45. The first kappa shape index (κ1) is 11.1. The average molecular weight is 243 g/mol. The molecule has 2 heteroatoms. The van der Waals surface area contributed by atoms with Gasteiger partial charge < -0.3 is 0 Å². The SMILES string of the molecule is C1=CC(C(c2ccccc2)N2CSC2)=CCC1. The molecule has 1 atom stereocenters. The average Bonchev–Trinajstić information content (AvgIpc) is 2.36. The molecule has 0 saturated carbocycles. The molecule has 1 aliphatic heterocycles. The van der Waals surface area contributed by atoms with Gasteiger partial charge in [-0.15, -0.1) is 11.8 Å². The molecular formula is C15H17NS. The van der Waals surface area contributed by atoms with Crippen molar-refractivity contribution in [3.8, 4) is 0 Å². The zero-order valence-corrected chi connectivity index (χ0v) is 10.7. The van der Waals surface area contributed by atoms with Crippen LogP contribution in [-0.2, 0) is 0 Å². The van der Waals surface area contributed by atoms with Crippen molar-refractivity contribution in [3.05, 3.63) is 59.7 Å². The lowest BCUT2D eigenvalue weighted by Gasteiger charge is -2.39. The second-order valence-corrected chi connectivity index (χ2v) is 5.47. The van der Waals surface area contributed by atoms with Gasteiger partial charge in [0.25, 0.3) is 0 Å². The van der Waals surface area contributed by atoms with Crippen LogP contribution < -0.4 is 0 Å². The van der Waals surface area contributed by atoms with Crippen molar-refractivity contribution in [2.45, 2.75) is 18.9 Å². The predicted molar refractivity (Wildman–Crippen MR) is 74.8 cm³/mol. The first-order valence-corrected chi connectivity index (χ1v) is 7.34. The number of rotatable bonds is 3. The maximum absolute atomic E-state index is 2.54. The summed E-state index contributed by atoms with van der Waals surface area (Å²) in [6, 6.07) is 11.3. The molecule has 0 aromatic heterocycles. The lowest BCUT2D eigenvalue weighted by molar-refractivity contribution is 0.287. The van der Waals surface area contributed by atoms with E-state index in [1.807, 2.05) is 11.8 Å². The van der Waals surface area contributed by atoms with Crippen LogP contribution in [0.5, 0.6) is 0 Å². The molecule has 1 heterocycles. The third-order valence-electron chi connectivity index (χ3n) is 3.33. The fraction of sp³-hybridized carbons (Fsp3) is 0.333. The molecule has 1 unspecified atom stereocenters. The molecule has 1 nitrogen and oxygen atoms in total. The van der Waals surface area contributed by atoms with Gasteiger partial charge in [-0.25, -0.2) is 0 Å². The number of benzene rings is 1. The van der Waals surface area contributed by atoms with E-state index in [0.717, 1.165) is 11.8 Å². The monoisotopic (exact) mass is 243 g/mol. The van der Waals surface area contributed by atoms with E-state index in [-0.39, 0.29) is 0 Å². The molecule has 0 N–H and O–H groups in total. The van der Waals surface area contributed by atoms with Crippen molar-refractivity contribution < 1.29 is 0 Å². The van der Waals surface area contributed by atoms with Crippen LogP contribution in [0.1, 0.15) is 24.4 Å². The molecule has 1 fully saturated rings. The molecule has 1 aliphatic carbocycles. The van der Waals surface area contributed by atoms with Gasteiger partial charge >= 0.3 is 0 Å². The Morgan fingerprint density at radius 1 is 1.06 bits per heavy atom. The van der Waals surface area contributed by atoms with E-state index in [0.29, 0.717) is 6.04 Å². The number of thioether (sulfide) groups is 1. The lowest BCUT2D eigenvalue weighted by atomic mass is 9.93. The second-order valence-electron chi connectivity index (χ2n) is 4.55. The first-order valence-electron chi connectivity index (χ1n) is 6.18. The van der Waals surface area contributed by atoms with E-state index >= 15 is 0 Å². The smallest absolute Gasteiger partial charge is 0.0613 e. The Kier molecular flexibility index (Phi) is 3.34. The number of nitrogens with zero attached hydrogens (tertiary/aromatic N) is 1. The minimum absolute atomic E-state index is 0.467. The maximum atomic E-state index is 2.54. The number of allylic oxidation sites excluding steroid dienone is 2. The summed E-state index contributed by atoms with van der Waals surface area (Å²) in [7, 11) is 0. The third-order valence-corrected chi connectivity index (χ3v) is 4.36. The van der Waals surface area contributed by atoms with Crippen LogP contribution in [0, 0.1) is 0 Å². The summed E-state index contributed by atoms with van der Waals surface area (Å²) in [5, 5.41) is 0. The van der Waals surface area contributed by atoms with Crippen LogP contribution in [0.15, 0.2) is 54.1 Å². The van der Waals surface area contributed by atoms with E-state index in [1.54, 1.807) is 0 Å². The fourth-order valence-electron chi connectivity index (χ4n) is 2.43. The largest absolute Gasteiger partial charge is 0.274 e. The maximum Gasteiger partial charge on any atom is 0.0613 e. The number of hydrogen-bond donors (Lipinski definition) is 0. The molecule has 17 heavy (non-hydrogen) atoms. The van der Waals surface area contributed by atoms with Crippen LogP contribution in [-0.4, -0.2) is 16.7 Å². The summed E-state index contributed by atoms with van der Waals surface area (Å²) >= 11 is 2.01. The van der Waals surface area contributed by atoms with Gasteiger partial charge in [-0.3, -0.25) is 4.90 Å². The van der Waals surface area contributed by atoms with Crippen LogP contribution in [0.2, 0.25) is 0 Å². The van der Waals surface area contributed by atoms with Gasteiger partial charge in [-0.1, -0.05) is 48.6 Å². The molecule has 0 spiro atoms. The molecule has 0 radical (unpaired) electrons. The molecule has 88 valence electrons. The molecule has 2 aliphatic rings. The number of hydrogen-bond acceptors (Lipinski definition) is 2. The highest BCUT2D eigenvalue weighted by molar-refractivity contribution is 8.00. The molecule has 1 aromatic rings. The van der Waals surface area contributed by atoms with Gasteiger partial charge in [0.2, 0.25) is 0 Å². The Morgan fingerprint density at radius 2 is 1.88 bits per heavy atom. The van der Waals surface area contributed by atoms with Crippen molar-refractivity contribution in [2.75, 3.05) is 11.8 Å². The van der Waals surface area contributed by atoms with Crippen molar-refractivity contribution >= 4 is 11.8 Å². The zero-order chi connectivity index (χ0) is 11.5. The Bertz CT molecular complexity index is 431. The summed E-state index contributed by atoms with van der Waals surface area (Å²) < 4.78 is 0. The van der Waals surface area contributed by atoms with Gasteiger partial charge in [0.05, 0.1) is 6.04 Å². The Morgan fingerprint density at radius 3 is 2.47 bits per heavy atom. The van der Waals surface area contributed by atoms with Crippen LogP contribution >= 0.6 is 11.8 Å². The lowest BCUT2D eigenvalue weighted by Crippen LogP contribution is -2.36. The van der Waals surface area contributed by atoms with E-state index < -0.39 is 0 Å². The summed E-state index contributed by atoms with van der Waals surface area (Å²) in [6.07, 6.45) is 9.40. The normalized spacial score (nSPS) is 21.8. The quantitative estimate of drug-likeness (QED) is 0.790. The van der Waals surface area contributed by atoms with Crippen molar-refractivity contribution in [2.24, 2.45) is 0 Å². The van der Waals surface area contributed by atoms with E-state index in [9.17, 15) is 0 Å². The molecular weight excluding hydrogens is 226 g/mol. The van der Waals surface area contributed by atoms with Crippen LogP contribution in [0.3, 0.4) is 0 Å². The van der Waals surface area contributed by atoms with E-state index in [1.165, 1.54) is 24.0 Å². The van der Waals surface area contributed by atoms with Crippen LogP contribution in [0.25, 0.3) is 0 Å². The predicted octanol–water partition coefficient (Wildman–Crippen LogP) is 3.97. The fourth-order valence-corrected chi connectivity index (χ4v) is 3.12. The Balaban J connectivity index is 1.91. The van der Waals surface area contributed by atoms with Gasteiger partial charge in [0, 0.05) is 11.8 Å². The molecule has 3 rings (SSSR count). The van der Waals surface area contributed by atoms with Crippen molar-refractivity contribution in [3.63, 3.8) is 0 Å². The standard InChI is InChI=1S/C15H17NS/c1-3-7-13(8-4-1)15(16-11-17-12-16)14-9-5-2-6-10-14/h1,3-5,7-10,15H,2,6,11-12H2. The second kappa shape index (κ2) is 5.11. The highest BCUT2D eigenvalue weighted by Gasteiger charge is 2.27. The Hall–Kier alpha value is -0.990. The van der Waals surface area contributed by atoms with Gasteiger partial charge in [-0.2, -0.15) is 0 Å². The minimum atomic E-state index is 0.467. The van der Waals surface area contributed by atoms with Gasteiger partial charge in [0.1, 0.15) is 0 Å². The van der Waals surface area contributed by atoms with Crippen molar-refractivity contribution in [1.29, 1.82) is 0 Å². The zero-order valence-electron chi connectivity index (χ0n) is 9.88. The molecule has 0 amide bonds. The summed E-state index contributed by atoms with van der Waals surface area (Å²) in [4.78, 5) is 2.54. The van der Waals surface area contributed by atoms with E-state index in [2.05, 4.69) is 53.5 Å². The summed E-state index contributed by atoms with van der Waals surface area (Å²) in [6.45, 7) is 0. The topological polar surface area (TPSA) is 3.24 Å². The summed E-state index contributed by atoms with van der Waals surface area (Å²) in [5.74, 6) is 2.31. The molecule has 1 saturated heterocycles.